The maximum atomic E-state index is 13.6. The molecule has 0 unspecified atom stereocenters. The zero-order valence-electron chi connectivity index (χ0n) is 12.2. The number of nitro benzene ring substituents is 1. The lowest BCUT2D eigenvalue weighted by atomic mass is 9.83. The molecule has 2 N–H and O–H groups in total. The second kappa shape index (κ2) is 7.42. The number of hydrogen-bond acceptors (Lipinski definition) is 4. The van der Waals surface area contributed by atoms with Crippen LogP contribution in [-0.2, 0) is 6.54 Å². The number of aliphatic hydroxyl groups is 1. The number of nitrogens with zero attached hydrogens (tertiary/aromatic N) is 1. The zero-order chi connectivity index (χ0) is 16.0. The molecule has 0 amide bonds. The van der Waals surface area contributed by atoms with Gasteiger partial charge in [0.1, 0.15) is 5.82 Å². The van der Waals surface area contributed by atoms with Crippen LogP contribution in [0.3, 0.4) is 0 Å². The Morgan fingerprint density at radius 3 is 2.38 bits per heavy atom. The molecular formula is C14H20F2N2O3. The lowest BCUT2D eigenvalue weighted by Gasteiger charge is -2.29. The van der Waals surface area contributed by atoms with Crippen molar-refractivity contribution in [1.82, 2.24) is 5.32 Å². The molecule has 0 aliphatic heterocycles. The molecule has 7 heteroatoms. The summed E-state index contributed by atoms with van der Waals surface area (Å²) in [5.41, 5.74) is -1.02. The molecule has 0 atom stereocenters. The van der Waals surface area contributed by atoms with Crippen molar-refractivity contribution < 1.29 is 18.8 Å². The monoisotopic (exact) mass is 302 g/mol. The van der Waals surface area contributed by atoms with E-state index in [0.29, 0.717) is 12.6 Å². The average molecular weight is 302 g/mol. The van der Waals surface area contributed by atoms with Gasteiger partial charge in [-0.3, -0.25) is 10.1 Å². The van der Waals surface area contributed by atoms with Crippen molar-refractivity contribution in [1.29, 1.82) is 0 Å². The van der Waals surface area contributed by atoms with E-state index in [1.807, 2.05) is 13.8 Å². The number of benzene rings is 1. The number of nitrogens with one attached hydrogen (secondary N) is 1. The average Bonchev–Trinajstić information content (AvgIpc) is 2.46. The van der Waals surface area contributed by atoms with Gasteiger partial charge < -0.3 is 10.4 Å². The summed E-state index contributed by atoms with van der Waals surface area (Å²) in [5, 5.41) is 23.1. The third-order valence-corrected chi connectivity index (χ3v) is 3.96. The summed E-state index contributed by atoms with van der Waals surface area (Å²) < 4.78 is 26.8. The Morgan fingerprint density at radius 1 is 1.29 bits per heavy atom. The Labute approximate surface area is 122 Å². The number of halogens is 2. The first-order valence-corrected chi connectivity index (χ1v) is 6.83. The highest BCUT2D eigenvalue weighted by Gasteiger charge is 2.25. The lowest BCUT2D eigenvalue weighted by Crippen LogP contribution is -2.36. The van der Waals surface area contributed by atoms with Gasteiger partial charge in [0.05, 0.1) is 4.92 Å². The highest BCUT2D eigenvalue weighted by molar-refractivity contribution is 5.37. The minimum atomic E-state index is -1.19. The van der Waals surface area contributed by atoms with Crippen LogP contribution in [0, 0.1) is 27.2 Å². The van der Waals surface area contributed by atoms with Crippen LogP contribution in [0.4, 0.5) is 14.5 Å². The minimum absolute atomic E-state index is 0.000945. The van der Waals surface area contributed by atoms with E-state index in [-0.39, 0.29) is 24.1 Å². The van der Waals surface area contributed by atoms with Gasteiger partial charge in [-0.1, -0.05) is 13.8 Å². The summed E-state index contributed by atoms with van der Waals surface area (Å²) >= 11 is 0. The molecule has 0 saturated heterocycles. The Morgan fingerprint density at radius 2 is 1.90 bits per heavy atom. The largest absolute Gasteiger partial charge is 0.396 e. The SMILES string of the molecule is CCC(CC)(CO)CNCc1cc([N+](=O)[O-])c(F)cc1F. The number of aliphatic hydroxyl groups excluding tert-OH is 1. The number of nitro groups is 1. The maximum absolute atomic E-state index is 13.6. The van der Waals surface area contributed by atoms with Crippen LogP contribution in [0.5, 0.6) is 0 Å². The Kier molecular flexibility index (Phi) is 6.17. The third-order valence-electron chi connectivity index (χ3n) is 3.96. The van der Waals surface area contributed by atoms with Gasteiger partial charge in [-0.05, 0) is 12.8 Å². The van der Waals surface area contributed by atoms with Crippen LogP contribution < -0.4 is 5.32 Å². The summed E-state index contributed by atoms with van der Waals surface area (Å²) in [7, 11) is 0. The molecule has 0 radical (unpaired) electrons. The molecule has 118 valence electrons. The van der Waals surface area contributed by atoms with Gasteiger partial charge in [0, 0.05) is 42.8 Å². The Balaban J connectivity index is 2.80. The van der Waals surface area contributed by atoms with Crippen molar-refractivity contribution in [3.05, 3.63) is 39.4 Å². The Hall–Kier alpha value is -1.60. The summed E-state index contributed by atoms with van der Waals surface area (Å²) in [6.07, 6.45) is 1.50. The van der Waals surface area contributed by atoms with Crippen LogP contribution in [-0.4, -0.2) is 23.2 Å². The maximum Gasteiger partial charge on any atom is 0.305 e. The minimum Gasteiger partial charge on any atom is -0.396 e. The summed E-state index contributed by atoms with van der Waals surface area (Å²) in [4.78, 5) is 9.77. The van der Waals surface area contributed by atoms with Crippen LogP contribution in [0.2, 0.25) is 0 Å². The predicted molar refractivity (Wildman–Crippen MR) is 74.8 cm³/mol. The molecule has 0 heterocycles. The summed E-state index contributed by atoms with van der Waals surface area (Å²) in [5.74, 6) is -2.01. The molecule has 1 aromatic carbocycles. The predicted octanol–water partition coefficient (Wildman–Crippen LogP) is 2.76. The standard InChI is InChI=1S/C14H20F2N2O3/c1-3-14(4-2,9-19)8-17-7-10-5-13(18(20)21)12(16)6-11(10)15/h5-6,17,19H,3-4,7-9H2,1-2H3. The van der Waals surface area contributed by atoms with Gasteiger partial charge in [0.25, 0.3) is 0 Å². The molecular weight excluding hydrogens is 282 g/mol. The normalized spacial score (nSPS) is 11.7. The van der Waals surface area contributed by atoms with Crippen molar-refractivity contribution in [2.24, 2.45) is 5.41 Å². The fraction of sp³-hybridized carbons (Fsp3) is 0.571. The number of rotatable bonds is 8. The van der Waals surface area contributed by atoms with Gasteiger partial charge in [-0.15, -0.1) is 0 Å². The third kappa shape index (κ3) is 4.18. The van der Waals surface area contributed by atoms with Gasteiger partial charge >= 0.3 is 5.69 Å². The first kappa shape index (κ1) is 17.5. The molecule has 0 saturated carbocycles. The first-order valence-electron chi connectivity index (χ1n) is 6.83. The first-order chi connectivity index (χ1) is 9.89. The molecule has 1 aromatic rings. The van der Waals surface area contributed by atoms with E-state index in [4.69, 9.17) is 0 Å². The summed E-state index contributed by atoms with van der Waals surface area (Å²) in [6, 6.07) is 1.42. The molecule has 21 heavy (non-hydrogen) atoms. The molecule has 5 nitrogen and oxygen atoms in total. The van der Waals surface area contributed by atoms with Crippen molar-refractivity contribution in [2.45, 2.75) is 33.2 Å². The molecule has 0 bridgehead atoms. The van der Waals surface area contributed by atoms with Crippen molar-refractivity contribution in [3.8, 4) is 0 Å². The van der Waals surface area contributed by atoms with Crippen molar-refractivity contribution in [3.63, 3.8) is 0 Å². The fourth-order valence-corrected chi connectivity index (χ4v) is 2.10. The van der Waals surface area contributed by atoms with Crippen molar-refractivity contribution in [2.75, 3.05) is 13.2 Å². The van der Waals surface area contributed by atoms with Gasteiger partial charge in [0.15, 0.2) is 0 Å². The van der Waals surface area contributed by atoms with E-state index in [2.05, 4.69) is 5.32 Å². The van der Waals surface area contributed by atoms with E-state index < -0.39 is 22.2 Å². The topological polar surface area (TPSA) is 75.4 Å². The molecule has 0 aliphatic carbocycles. The van der Waals surface area contributed by atoms with Crippen molar-refractivity contribution >= 4 is 5.69 Å². The van der Waals surface area contributed by atoms with E-state index in [1.165, 1.54) is 0 Å². The van der Waals surface area contributed by atoms with Gasteiger partial charge in [0.2, 0.25) is 5.82 Å². The van der Waals surface area contributed by atoms with Crippen LogP contribution in [0.25, 0.3) is 0 Å². The molecule has 0 fully saturated rings. The van der Waals surface area contributed by atoms with E-state index in [0.717, 1.165) is 18.9 Å². The molecule has 0 aliphatic rings. The smallest absolute Gasteiger partial charge is 0.305 e. The molecule has 1 rings (SSSR count). The quantitative estimate of drug-likeness (QED) is 0.572. The van der Waals surface area contributed by atoms with Crippen LogP contribution in [0.1, 0.15) is 32.3 Å². The highest BCUT2D eigenvalue weighted by atomic mass is 19.1. The van der Waals surface area contributed by atoms with E-state index >= 15 is 0 Å². The zero-order valence-corrected chi connectivity index (χ0v) is 12.2. The summed E-state index contributed by atoms with van der Waals surface area (Å²) in [6.45, 7) is 4.38. The second-order valence-corrected chi connectivity index (χ2v) is 5.12. The van der Waals surface area contributed by atoms with Gasteiger partial charge in [-0.25, -0.2) is 4.39 Å². The fourth-order valence-electron chi connectivity index (χ4n) is 2.10. The molecule has 0 spiro atoms. The van der Waals surface area contributed by atoms with Crippen LogP contribution >= 0.6 is 0 Å². The van der Waals surface area contributed by atoms with Gasteiger partial charge in [-0.2, -0.15) is 4.39 Å². The molecule has 0 aromatic heterocycles. The van der Waals surface area contributed by atoms with E-state index in [9.17, 15) is 24.0 Å². The second-order valence-electron chi connectivity index (χ2n) is 5.12. The lowest BCUT2D eigenvalue weighted by molar-refractivity contribution is -0.387. The highest BCUT2D eigenvalue weighted by Crippen LogP contribution is 2.25. The van der Waals surface area contributed by atoms with Crippen LogP contribution in [0.15, 0.2) is 12.1 Å². The Bertz CT molecular complexity index is 497. The van der Waals surface area contributed by atoms with E-state index in [1.54, 1.807) is 0 Å². The number of hydrogen-bond donors (Lipinski definition) is 2.